The number of aromatic nitrogens is 3. The standard InChI is InChI=1S/C36H45F3N5O8PS/c1-8-24(19-52-53(48,50-17-21(4)5)51-18-22(6)7)44-16-28(34(46)49-10-3)32(45)26-13-23(11-12-29(26)44)27-15-41-31(43-35(47)40-9-2)14-25(27)33-42-30(20-54-33)36(37,38)39/h11-16,20-22,24H,8-10,17-19H2,1-7H3,(H2,40,41,43,47)/t24-/m1/s1. The van der Waals surface area contributed by atoms with Gasteiger partial charge in [-0.05, 0) is 55.9 Å². The first kappa shape index (κ1) is 42.6. The van der Waals surface area contributed by atoms with Gasteiger partial charge < -0.3 is 14.6 Å². The smallest absolute Gasteiger partial charge is 0.462 e. The van der Waals surface area contributed by atoms with Crippen LogP contribution in [0.3, 0.4) is 0 Å². The summed E-state index contributed by atoms with van der Waals surface area (Å²) < 4.78 is 78.5. The van der Waals surface area contributed by atoms with E-state index in [2.05, 4.69) is 20.6 Å². The Balaban J connectivity index is 1.87. The minimum Gasteiger partial charge on any atom is -0.462 e. The van der Waals surface area contributed by atoms with Gasteiger partial charge in [0.15, 0.2) is 5.69 Å². The first-order valence-corrected chi connectivity index (χ1v) is 19.8. The van der Waals surface area contributed by atoms with Gasteiger partial charge in [0, 0.05) is 40.8 Å². The van der Waals surface area contributed by atoms with E-state index in [9.17, 15) is 32.1 Å². The molecular weight excluding hydrogens is 750 g/mol. The maximum Gasteiger partial charge on any atom is 0.474 e. The molecule has 3 heterocycles. The normalized spacial score (nSPS) is 12.7. The molecule has 18 heteroatoms. The molecule has 0 unspecified atom stereocenters. The van der Waals surface area contributed by atoms with Crippen LogP contribution in [0, 0.1) is 11.8 Å². The summed E-state index contributed by atoms with van der Waals surface area (Å²) in [6, 6.07) is 5.02. The highest BCUT2D eigenvalue weighted by Gasteiger charge is 2.34. The molecule has 0 saturated carbocycles. The first-order chi connectivity index (χ1) is 25.5. The lowest BCUT2D eigenvalue weighted by Crippen LogP contribution is -2.28. The third-order valence-electron chi connectivity index (χ3n) is 7.77. The number of carbonyl (C=O) groups is 2. The van der Waals surface area contributed by atoms with Crippen molar-refractivity contribution in [1.29, 1.82) is 0 Å². The lowest BCUT2D eigenvalue weighted by Gasteiger charge is -2.25. The number of urea groups is 1. The number of phosphoric acid groups is 1. The highest BCUT2D eigenvalue weighted by molar-refractivity contribution is 7.48. The molecule has 0 spiro atoms. The first-order valence-electron chi connectivity index (χ1n) is 17.5. The van der Waals surface area contributed by atoms with Gasteiger partial charge in [0.1, 0.15) is 16.4 Å². The number of fused-ring (bicyclic) bond motifs is 1. The number of benzene rings is 1. The molecule has 4 aromatic rings. The summed E-state index contributed by atoms with van der Waals surface area (Å²) in [5.74, 6) is -0.728. The number of hydrogen-bond acceptors (Lipinski definition) is 11. The van der Waals surface area contributed by atoms with Gasteiger partial charge in [-0.3, -0.25) is 23.7 Å². The van der Waals surface area contributed by atoms with Crippen molar-refractivity contribution in [1.82, 2.24) is 19.9 Å². The van der Waals surface area contributed by atoms with Crippen molar-refractivity contribution in [3.8, 4) is 21.7 Å². The fourth-order valence-electron chi connectivity index (χ4n) is 5.12. The summed E-state index contributed by atoms with van der Waals surface area (Å²) in [6.45, 7) is 13.2. The Bertz CT molecular complexity index is 2040. The molecule has 0 saturated heterocycles. The number of ether oxygens (including phenoxy) is 1. The fraction of sp³-hybridized carbons (Fsp3) is 0.472. The molecule has 0 aliphatic carbocycles. The maximum absolute atomic E-state index is 14.0. The van der Waals surface area contributed by atoms with Crippen molar-refractivity contribution in [3.63, 3.8) is 0 Å². The lowest BCUT2D eigenvalue weighted by atomic mass is 9.99. The van der Waals surface area contributed by atoms with Crippen molar-refractivity contribution in [2.75, 3.05) is 38.3 Å². The van der Waals surface area contributed by atoms with Crippen LogP contribution in [0.15, 0.2) is 46.8 Å². The van der Waals surface area contributed by atoms with Gasteiger partial charge >= 0.3 is 26.0 Å². The molecule has 2 N–H and O–H groups in total. The second-order valence-corrected chi connectivity index (χ2v) is 15.6. The molecule has 1 atom stereocenters. The number of carbonyl (C=O) groups excluding carboxylic acids is 2. The topological polar surface area (TPSA) is 160 Å². The Morgan fingerprint density at radius 1 is 0.981 bits per heavy atom. The van der Waals surface area contributed by atoms with E-state index >= 15 is 0 Å². The zero-order valence-corrected chi connectivity index (χ0v) is 32.8. The SMILES string of the molecule is CCNC(=O)Nc1cc(-c2nc(C(F)(F)F)cs2)c(-c2ccc3c(c2)c(=O)c(C(=O)OCC)cn3[C@H](CC)COP(=O)(OCC(C)C)OCC(C)C)cn1. The van der Waals surface area contributed by atoms with E-state index in [0.29, 0.717) is 29.6 Å². The number of hydrogen-bond donors (Lipinski definition) is 2. The fourth-order valence-corrected chi connectivity index (χ4v) is 7.52. The highest BCUT2D eigenvalue weighted by atomic mass is 32.1. The van der Waals surface area contributed by atoms with Gasteiger partial charge in [-0.1, -0.05) is 40.7 Å². The number of alkyl halides is 3. The number of anilines is 1. The Hall–Kier alpha value is -4.15. The van der Waals surface area contributed by atoms with E-state index in [4.69, 9.17) is 18.3 Å². The number of amides is 2. The third-order valence-corrected chi connectivity index (χ3v) is 10.0. The van der Waals surface area contributed by atoms with Crippen LogP contribution >= 0.6 is 19.2 Å². The second-order valence-electron chi connectivity index (χ2n) is 13.1. The molecule has 13 nitrogen and oxygen atoms in total. The van der Waals surface area contributed by atoms with Gasteiger partial charge in [-0.25, -0.2) is 24.1 Å². The molecule has 4 rings (SSSR count). The van der Waals surface area contributed by atoms with Crippen LogP contribution in [0.25, 0.3) is 32.6 Å². The number of phosphoric ester groups is 1. The van der Waals surface area contributed by atoms with Gasteiger partial charge in [0.05, 0.1) is 38.0 Å². The lowest BCUT2D eigenvalue weighted by molar-refractivity contribution is -0.140. The van der Waals surface area contributed by atoms with Crippen molar-refractivity contribution < 1.29 is 45.6 Å². The number of rotatable bonds is 17. The molecule has 0 radical (unpaired) electrons. The quantitative estimate of drug-likeness (QED) is 0.0780. The Morgan fingerprint density at radius 2 is 1.65 bits per heavy atom. The van der Waals surface area contributed by atoms with Gasteiger partial charge in [-0.15, -0.1) is 11.3 Å². The van der Waals surface area contributed by atoms with Crippen LogP contribution in [0.2, 0.25) is 0 Å². The Labute approximate surface area is 315 Å². The molecule has 3 aromatic heterocycles. The number of thiazole rings is 1. The molecule has 1 aromatic carbocycles. The van der Waals surface area contributed by atoms with Crippen LogP contribution in [0.1, 0.15) is 77.0 Å². The summed E-state index contributed by atoms with van der Waals surface area (Å²) in [6.07, 6.45) is -1.57. The maximum atomic E-state index is 14.0. The molecule has 0 aliphatic rings. The number of pyridine rings is 2. The predicted molar refractivity (Wildman–Crippen MR) is 201 cm³/mol. The van der Waals surface area contributed by atoms with Crippen LogP contribution in [0.4, 0.5) is 23.8 Å². The summed E-state index contributed by atoms with van der Waals surface area (Å²) in [5.41, 5.74) is -0.768. The van der Waals surface area contributed by atoms with Gasteiger partial charge in [0.25, 0.3) is 0 Å². The average Bonchev–Trinajstić information content (AvgIpc) is 3.63. The zero-order chi connectivity index (χ0) is 39.8. The van der Waals surface area contributed by atoms with E-state index < -0.39 is 43.2 Å². The molecule has 54 heavy (non-hydrogen) atoms. The third kappa shape index (κ3) is 10.7. The molecule has 294 valence electrons. The molecule has 2 amide bonds. The summed E-state index contributed by atoms with van der Waals surface area (Å²) in [7, 11) is -4.01. The monoisotopic (exact) mass is 795 g/mol. The highest BCUT2D eigenvalue weighted by Crippen LogP contribution is 2.51. The largest absolute Gasteiger partial charge is 0.474 e. The van der Waals surface area contributed by atoms with Crippen molar-refractivity contribution in [3.05, 3.63) is 63.5 Å². The van der Waals surface area contributed by atoms with E-state index in [1.54, 1.807) is 30.5 Å². The Kier molecular flexibility index (Phi) is 14.6. The summed E-state index contributed by atoms with van der Waals surface area (Å²) in [5, 5.41) is 6.07. The Morgan fingerprint density at radius 3 is 2.22 bits per heavy atom. The van der Waals surface area contributed by atoms with E-state index in [1.165, 1.54) is 24.5 Å². The molecule has 0 fully saturated rings. The van der Waals surface area contributed by atoms with Crippen molar-refractivity contribution >= 4 is 47.9 Å². The van der Waals surface area contributed by atoms with E-state index in [0.717, 1.165) is 16.7 Å². The van der Waals surface area contributed by atoms with Crippen molar-refractivity contribution in [2.24, 2.45) is 11.8 Å². The van der Waals surface area contributed by atoms with Gasteiger partial charge in [-0.2, -0.15) is 13.2 Å². The molecule has 0 bridgehead atoms. The van der Waals surface area contributed by atoms with E-state index in [1.807, 2.05) is 34.6 Å². The zero-order valence-electron chi connectivity index (χ0n) is 31.1. The minimum absolute atomic E-state index is 0.000348. The van der Waals surface area contributed by atoms with E-state index in [-0.39, 0.29) is 65.6 Å². The average molecular weight is 796 g/mol. The van der Waals surface area contributed by atoms with Crippen LogP contribution in [-0.4, -0.2) is 59.5 Å². The second kappa shape index (κ2) is 18.5. The van der Waals surface area contributed by atoms with Crippen molar-refractivity contribution in [2.45, 2.75) is 67.1 Å². The van der Waals surface area contributed by atoms with Crippen LogP contribution < -0.4 is 16.1 Å². The minimum atomic E-state index is -4.70. The van der Waals surface area contributed by atoms with Crippen LogP contribution in [0.5, 0.6) is 0 Å². The van der Waals surface area contributed by atoms with Gasteiger partial charge in [0.2, 0.25) is 5.43 Å². The number of nitrogens with zero attached hydrogens (tertiary/aromatic N) is 3. The molecule has 0 aliphatic heterocycles. The molecular formula is C36H45F3N5O8PS. The number of esters is 1. The number of nitrogens with one attached hydrogen (secondary N) is 2. The summed E-state index contributed by atoms with van der Waals surface area (Å²) >= 11 is 0.750. The van der Waals surface area contributed by atoms with Crippen LogP contribution in [-0.2, 0) is 29.0 Å². The number of halogens is 3. The predicted octanol–water partition coefficient (Wildman–Crippen LogP) is 8.94. The summed E-state index contributed by atoms with van der Waals surface area (Å²) in [4.78, 5) is 47.5.